The van der Waals surface area contributed by atoms with Gasteiger partial charge in [-0.1, -0.05) is 49.5 Å². The number of nitriles is 1. The third kappa shape index (κ3) is 5.89. The molecule has 0 fully saturated rings. The molecule has 2 aromatic carbocycles. The first-order valence-corrected chi connectivity index (χ1v) is 12.4. The van der Waals surface area contributed by atoms with Crippen LogP contribution in [-0.2, 0) is 12.9 Å². The number of ether oxygens (including phenoxy) is 1. The standard InChI is InChI=1S/C27H31BN8O/c1-5-14-28(17-29)15-19-6-8-20(9-7-19)16-36-26-23(25(30-2)33-18-34-26)24(35-36)21-10-12-22(13-11-21)37-27(31-3)32-4/h6-13,18H,5,14-16H2,1-4H3,(H,31,32)(H,30,33,34). The Bertz CT molecular complexity index is 1410. The van der Waals surface area contributed by atoms with Crippen LogP contribution in [0.4, 0.5) is 5.82 Å². The Morgan fingerprint density at radius 3 is 2.43 bits per heavy atom. The molecule has 2 N–H and O–H groups in total. The molecule has 0 atom stereocenters. The molecule has 0 aliphatic rings. The van der Waals surface area contributed by atoms with E-state index in [-0.39, 0.29) is 6.71 Å². The van der Waals surface area contributed by atoms with Crippen molar-refractivity contribution < 1.29 is 4.74 Å². The molecule has 0 amide bonds. The van der Waals surface area contributed by atoms with Gasteiger partial charge in [0, 0.05) is 32.7 Å². The maximum Gasteiger partial charge on any atom is 0.289 e. The SMILES string of the molecule is CCCB(C#N)Cc1ccc(Cn2nc(-c3ccc(O/C(=N\C)NC)cc3)c3c(NC)ncnc32)cc1. The van der Waals surface area contributed by atoms with Crippen molar-refractivity contribution in [2.24, 2.45) is 4.99 Å². The Morgan fingerprint density at radius 2 is 1.81 bits per heavy atom. The van der Waals surface area contributed by atoms with E-state index in [0.29, 0.717) is 18.3 Å². The fraction of sp³-hybridized carbons (Fsp3) is 0.296. The third-order valence-corrected chi connectivity index (χ3v) is 6.18. The first kappa shape index (κ1) is 25.7. The van der Waals surface area contributed by atoms with Gasteiger partial charge in [-0.25, -0.2) is 24.9 Å². The molecule has 0 radical (unpaired) electrons. The highest BCUT2D eigenvalue weighted by Gasteiger charge is 2.19. The van der Waals surface area contributed by atoms with Gasteiger partial charge in [0.2, 0.25) is 0 Å². The highest BCUT2D eigenvalue weighted by Crippen LogP contribution is 2.32. The average Bonchev–Trinajstić information content (AvgIpc) is 3.31. The summed E-state index contributed by atoms with van der Waals surface area (Å²) in [6, 6.07) is 16.6. The highest BCUT2D eigenvalue weighted by molar-refractivity contribution is 6.66. The van der Waals surface area contributed by atoms with E-state index >= 15 is 0 Å². The second kappa shape index (κ2) is 12.0. The summed E-state index contributed by atoms with van der Waals surface area (Å²) >= 11 is 0. The number of hydrogen-bond acceptors (Lipinski definition) is 7. The summed E-state index contributed by atoms with van der Waals surface area (Å²) in [5.41, 5.74) is 4.75. The Kier molecular flexibility index (Phi) is 8.36. The topological polar surface area (TPSA) is 113 Å². The monoisotopic (exact) mass is 494 g/mol. The number of aliphatic imine (C=N–C) groups is 1. The minimum absolute atomic E-state index is 0.0565. The minimum atomic E-state index is 0.0565. The Balaban J connectivity index is 1.64. The van der Waals surface area contributed by atoms with Gasteiger partial charge in [-0.15, -0.1) is 0 Å². The van der Waals surface area contributed by atoms with Gasteiger partial charge in [-0.2, -0.15) is 5.10 Å². The fourth-order valence-electron chi connectivity index (χ4n) is 4.31. The predicted molar refractivity (Wildman–Crippen MR) is 149 cm³/mol. The Hall–Kier alpha value is -4.39. The number of amidine groups is 1. The molecule has 0 unspecified atom stereocenters. The molecule has 2 aromatic heterocycles. The second-order valence-corrected chi connectivity index (χ2v) is 8.72. The summed E-state index contributed by atoms with van der Waals surface area (Å²) in [4.78, 5) is 13.0. The summed E-state index contributed by atoms with van der Waals surface area (Å²) in [5, 5.41) is 21.3. The van der Waals surface area contributed by atoms with Crippen LogP contribution in [0, 0.1) is 11.2 Å². The number of rotatable bonds is 9. The fourth-order valence-corrected chi connectivity index (χ4v) is 4.31. The van der Waals surface area contributed by atoms with Crippen molar-refractivity contribution in [2.75, 3.05) is 26.5 Å². The molecular weight excluding hydrogens is 463 g/mol. The van der Waals surface area contributed by atoms with Crippen molar-refractivity contribution in [1.29, 1.82) is 5.26 Å². The lowest BCUT2D eigenvalue weighted by molar-refractivity contribution is 0.524. The molecule has 188 valence electrons. The molecule has 0 saturated carbocycles. The van der Waals surface area contributed by atoms with E-state index in [1.807, 2.05) is 36.0 Å². The van der Waals surface area contributed by atoms with Crippen molar-refractivity contribution in [3.05, 3.63) is 66.0 Å². The zero-order valence-corrected chi connectivity index (χ0v) is 21.7. The van der Waals surface area contributed by atoms with Crippen LogP contribution >= 0.6 is 0 Å². The number of aromatic nitrogens is 4. The van der Waals surface area contributed by atoms with Gasteiger partial charge in [0.25, 0.3) is 12.7 Å². The van der Waals surface area contributed by atoms with E-state index in [4.69, 9.17) is 9.84 Å². The predicted octanol–water partition coefficient (Wildman–Crippen LogP) is 4.22. The summed E-state index contributed by atoms with van der Waals surface area (Å²) in [6.07, 6.45) is 4.26. The van der Waals surface area contributed by atoms with Crippen LogP contribution in [0.2, 0.25) is 6.32 Å². The minimum Gasteiger partial charge on any atom is -0.426 e. The van der Waals surface area contributed by atoms with Crippen LogP contribution in [-0.4, -0.2) is 53.6 Å². The molecule has 9 nitrogen and oxygen atoms in total. The van der Waals surface area contributed by atoms with Crippen molar-refractivity contribution in [1.82, 2.24) is 25.1 Å². The van der Waals surface area contributed by atoms with Crippen LogP contribution in [0.25, 0.3) is 22.3 Å². The van der Waals surface area contributed by atoms with E-state index in [1.165, 1.54) is 5.56 Å². The van der Waals surface area contributed by atoms with E-state index in [9.17, 15) is 5.26 Å². The molecule has 0 saturated heterocycles. The quantitative estimate of drug-likeness (QED) is 0.204. The van der Waals surface area contributed by atoms with Crippen molar-refractivity contribution in [3.8, 4) is 23.0 Å². The van der Waals surface area contributed by atoms with Crippen molar-refractivity contribution >= 4 is 29.6 Å². The molecule has 4 rings (SSSR count). The van der Waals surface area contributed by atoms with Crippen molar-refractivity contribution in [3.63, 3.8) is 0 Å². The molecule has 0 spiro atoms. The second-order valence-electron chi connectivity index (χ2n) is 8.72. The summed E-state index contributed by atoms with van der Waals surface area (Å²) < 4.78 is 7.64. The van der Waals surface area contributed by atoms with Gasteiger partial charge in [0.05, 0.1) is 11.9 Å². The van der Waals surface area contributed by atoms with Crippen LogP contribution in [0.3, 0.4) is 0 Å². The highest BCUT2D eigenvalue weighted by atomic mass is 16.5. The molecule has 0 aliphatic heterocycles. The molecule has 2 heterocycles. The lowest BCUT2D eigenvalue weighted by Crippen LogP contribution is -2.24. The molecule has 37 heavy (non-hydrogen) atoms. The van der Waals surface area contributed by atoms with Gasteiger partial charge >= 0.3 is 0 Å². The third-order valence-electron chi connectivity index (χ3n) is 6.18. The number of anilines is 1. The summed E-state index contributed by atoms with van der Waals surface area (Å²) in [6.45, 7) is 2.73. The summed E-state index contributed by atoms with van der Waals surface area (Å²) in [5.74, 6) is 3.81. The normalized spacial score (nSPS) is 11.3. The lowest BCUT2D eigenvalue weighted by atomic mass is 9.45. The Morgan fingerprint density at radius 1 is 1.08 bits per heavy atom. The van der Waals surface area contributed by atoms with Crippen LogP contribution in [0.15, 0.2) is 59.9 Å². The molecule has 10 heteroatoms. The lowest BCUT2D eigenvalue weighted by Gasteiger charge is -2.08. The maximum absolute atomic E-state index is 9.39. The van der Waals surface area contributed by atoms with E-state index in [0.717, 1.165) is 52.7 Å². The van der Waals surface area contributed by atoms with Crippen molar-refractivity contribution in [2.45, 2.75) is 32.5 Å². The largest absolute Gasteiger partial charge is 0.426 e. The van der Waals surface area contributed by atoms with Crippen LogP contribution < -0.4 is 15.4 Å². The number of benzene rings is 2. The zero-order chi connectivity index (χ0) is 26.2. The van der Waals surface area contributed by atoms with Gasteiger partial charge in [-0.05, 0) is 36.1 Å². The first-order valence-electron chi connectivity index (χ1n) is 12.4. The number of hydrogen-bond donors (Lipinski definition) is 2. The smallest absolute Gasteiger partial charge is 0.289 e. The van der Waals surface area contributed by atoms with E-state index < -0.39 is 0 Å². The zero-order valence-electron chi connectivity index (χ0n) is 21.7. The van der Waals surface area contributed by atoms with Crippen LogP contribution in [0.5, 0.6) is 5.75 Å². The van der Waals surface area contributed by atoms with E-state index in [2.05, 4.69) is 62.8 Å². The van der Waals surface area contributed by atoms with Gasteiger partial charge in [-0.3, -0.25) is 0 Å². The molecule has 4 aromatic rings. The van der Waals surface area contributed by atoms with Gasteiger partial charge < -0.3 is 15.4 Å². The molecule has 0 aliphatic carbocycles. The van der Waals surface area contributed by atoms with Gasteiger partial charge in [0.15, 0.2) is 5.65 Å². The summed E-state index contributed by atoms with van der Waals surface area (Å²) in [7, 11) is 5.27. The first-order chi connectivity index (χ1) is 18.1. The molecule has 0 bridgehead atoms. The number of nitrogens with one attached hydrogen (secondary N) is 2. The Labute approximate surface area is 217 Å². The van der Waals surface area contributed by atoms with E-state index in [1.54, 1.807) is 20.4 Å². The van der Waals surface area contributed by atoms with Gasteiger partial charge in [0.1, 0.15) is 23.6 Å². The maximum atomic E-state index is 9.39. The molecular formula is C27H31BN8O. The average molecular weight is 494 g/mol. The number of nitrogens with zero attached hydrogens (tertiary/aromatic N) is 6. The van der Waals surface area contributed by atoms with Crippen LogP contribution in [0.1, 0.15) is 24.5 Å². The number of fused-ring (bicyclic) bond motifs is 1.